The van der Waals surface area contributed by atoms with Crippen LogP contribution in [-0.4, -0.2) is 56.9 Å². The van der Waals surface area contributed by atoms with Crippen LogP contribution in [0.4, 0.5) is 10.1 Å². The third-order valence-electron chi connectivity index (χ3n) is 5.19. The zero-order valence-corrected chi connectivity index (χ0v) is 16.5. The molecule has 150 valence electrons. The average Bonchev–Trinajstić information content (AvgIpc) is 2.95. The number of amides is 2. The summed E-state index contributed by atoms with van der Waals surface area (Å²) in [6.07, 6.45) is 1.68. The van der Waals surface area contributed by atoms with Crippen molar-refractivity contribution in [1.29, 1.82) is 0 Å². The third kappa shape index (κ3) is 3.95. The summed E-state index contributed by atoms with van der Waals surface area (Å²) in [4.78, 5) is 26.7. The van der Waals surface area contributed by atoms with Gasteiger partial charge in [0.05, 0.1) is 5.69 Å². The normalized spacial score (nSPS) is 22.2. The van der Waals surface area contributed by atoms with E-state index in [9.17, 15) is 22.4 Å². The van der Waals surface area contributed by atoms with Crippen LogP contribution in [0.2, 0.25) is 0 Å². The van der Waals surface area contributed by atoms with Crippen molar-refractivity contribution in [3.8, 4) is 0 Å². The molecule has 2 fully saturated rings. The number of hydrogen-bond acceptors (Lipinski definition) is 5. The minimum atomic E-state index is -3.66. The van der Waals surface area contributed by atoms with Crippen molar-refractivity contribution in [2.24, 2.45) is 0 Å². The minimum Gasteiger partial charge on any atom is -0.343 e. The molecule has 0 aromatic heterocycles. The number of piperidine rings is 1. The summed E-state index contributed by atoms with van der Waals surface area (Å²) >= 11 is 0. The number of nitrogens with one attached hydrogen (secondary N) is 2. The van der Waals surface area contributed by atoms with Crippen molar-refractivity contribution in [3.63, 3.8) is 0 Å². The van der Waals surface area contributed by atoms with Crippen LogP contribution in [0.3, 0.4) is 0 Å². The molecular weight excluding hydrogens is 397 g/mol. The van der Waals surface area contributed by atoms with Crippen molar-refractivity contribution in [2.45, 2.75) is 30.1 Å². The average molecular weight is 420 g/mol. The molecule has 2 aliphatic rings. The Morgan fingerprint density at radius 1 is 1.30 bits per heavy atom. The van der Waals surface area contributed by atoms with E-state index in [0.717, 1.165) is 6.26 Å². The maximum absolute atomic E-state index is 13.9. The Kier molecular flexibility index (Phi) is 6.49. The first kappa shape index (κ1) is 21.6. The number of para-hydroxylation sites is 1. The number of hydrogen-bond donors (Lipinski definition) is 2. The molecule has 2 amide bonds. The second kappa shape index (κ2) is 8.12. The fraction of sp³-hybridized carbons (Fsp3) is 0.529. The molecule has 2 N–H and O–H groups in total. The van der Waals surface area contributed by atoms with E-state index in [1.54, 1.807) is 6.07 Å². The number of sulfone groups is 1. The van der Waals surface area contributed by atoms with Crippen molar-refractivity contribution < 1.29 is 22.4 Å². The first-order valence-corrected chi connectivity index (χ1v) is 10.4. The Labute approximate surface area is 164 Å². The number of anilines is 1. The smallest absolute Gasteiger partial charge is 0.249 e. The predicted octanol–water partition coefficient (Wildman–Crippen LogP) is 0.636. The van der Waals surface area contributed by atoms with Gasteiger partial charge >= 0.3 is 0 Å². The number of carbonyl (C=O) groups excluding carboxylic acids is 2. The lowest BCUT2D eigenvalue weighted by molar-refractivity contribution is -0.128. The zero-order chi connectivity index (χ0) is 18.9. The quantitative estimate of drug-likeness (QED) is 0.746. The second-order valence-corrected chi connectivity index (χ2v) is 9.10. The van der Waals surface area contributed by atoms with E-state index in [-0.39, 0.29) is 37.5 Å². The fourth-order valence-corrected chi connectivity index (χ4v) is 4.95. The molecule has 0 radical (unpaired) electrons. The van der Waals surface area contributed by atoms with Gasteiger partial charge in [0.2, 0.25) is 11.8 Å². The Morgan fingerprint density at radius 3 is 2.52 bits per heavy atom. The Hall–Kier alpha value is -1.71. The molecule has 1 atom stereocenters. The highest BCUT2D eigenvalue weighted by atomic mass is 35.5. The van der Waals surface area contributed by atoms with Gasteiger partial charge in [-0.1, -0.05) is 12.1 Å². The molecule has 7 nitrogen and oxygen atoms in total. The maximum Gasteiger partial charge on any atom is 0.249 e. The Balaban J connectivity index is 0.00000261. The van der Waals surface area contributed by atoms with Crippen LogP contribution in [0.25, 0.3) is 0 Å². The van der Waals surface area contributed by atoms with E-state index < -0.39 is 38.3 Å². The molecule has 2 heterocycles. The van der Waals surface area contributed by atoms with E-state index >= 15 is 0 Å². The number of rotatable bonds is 4. The molecule has 10 heteroatoms. The highest BCUT2D eigenvalue weighted by Gasteiger charge is 2.50. The van der Waals surface area contributed by atoms with Gasteiger partial charge in [0, 0.05) is 12.8 Å². The summed E-state index contributed by atoms with van der Waals surface area (Å²) in [5.74, 6) is -1.59. The van der Waals surface area contributed by atoms with E-state index in [4.69, 9.17) is 0 Å². The van der Waals surface area contributed by atoms with Gasteiger partial charge in [-0.25, -0.2) is 12.8 Å². The summed E-state index contributed by atoms with van der Waals surface area (Å²) in [5.41, 5.74) is 0.161. The Bertz CT molecular complexity index is 827. The topological polar surface area (TPSA) is 95.6 Å². The largest absolute Gasteiger partial charge is 0.343 e. The molecule has 2 aliphatic heterocycles. The van der Waals surface area contributed by atoms with Gasteiger partial charge in [0.1, 0.15) is 11.9 Å². The first-order chi connectivity index (χ1) is 12.3. The molecule has 1 aromatic rings. The maximum atomic E-state index is 13.9. The van der Waals surface area contributed by atoms with Crippen LogP contribution in [0.1, 0.15) is 19.3 Å². The standard InChI is InChI=1S/C17H22FN3O4S.ClH/c1-26(24,25)17(7-9-19-10-8-17)16(23)20-13-6-11-21(15(13)22)14-5-3-2-4-12(14)18;/h2-5,13,19H,6-11H2,1H3,(H,20,23);1H. The number of benzene rings is 1. The second-order valence-electron chi connectivity index (χ2n) is 6.77. The summed E-state index contributed by atoms with van der Waals surface area (Å²) in [6, 6.07) is 5.08. The molecule has 0 aliphatic carbocycles. The minimum absolute atomic E-state index is 0. The van der Waals surface area contributed by atoms with Gasteiger partial charge in [-0.3, -0.25) is 9.59 Å². The van der Waals surface area contributed by atoms with Crippen LogP contribution in [0.5, 0.6) is 0 Å². The first-order valence-electron chi connectivity index (χ1n) is 8.53. The highest BCUT2D eigenvalue weighted by molar-refractivity contribution is 7.92. The zero-order valence-electron chi connectivity index (χ0n) is 14.9. The molecule has 1 aromatic carbocycles. The van der Waals surface area contributed by atoms with Gasteiger partial charge in [-0.05, 0) is 44.5 Å². The monoisotopic (exact) mass is 419 g/mol. The van der Waals surface area contributed by atoms with Crippen LogP contribution in [0, 0.1) is 5.82 Å². The number of halogens is 2. The van der Waals surface area contributed by atoms with Crippen LogP contribution in [0.15, 0.2) is 24.3 Å². The van der Waals surface area contributed by atoms with E-state index in [0.29, 0.717) is 19.5 Å². The van der Waals surface area contributed by atoms with Crippen molar-refractivity contribution in [1.82, 2.24) is 10.6 Å². The molecule has 0 spiro atoms. The van der Waals surface area contributed by atoms with E-state index in [2.05, 4.69) is 10.6 Å². The predicted molar refractivity (Wildman–Crippen MR) is 102 cm³/mol. The van der Waals surface area contributed by atoms with Gasteiger partial charge in [0.25, 0.3) is 0 Å². The van der Waals surface area contributed by atoms with E-state index in [1.807, 2.05) is 0 Å². The van der Waals surface area contributed by atoms with Crippen LogP contribution in [-0.2, 0) is 19.4 Å². The molecular formula is C17H23ClFN3O4S. The van der Waals surface area contributed by atoms with Crippen molar-refractivity contribution in [2.75, 3.05) is 30.8 Å². The molecule has 27 heavy (non-hydrogen) atoms. The van der Waals surface area contributed by atoms with Gasteiger partial charge in [-0.15, -0.1) is 12.4 Å². The third-order valence-corrected chi connectivity index (χ3v) is 7.20. The van der Waals surface area contributed by atoms with Crippen LogP contribution < -0.4 is 15.5 Å². The molecule has 0 bridgehead atoms. The summed E-state index contributed by atoms with van der Waals surface area (Å²) in [7, 11) is -3.66. The Morgan fingerprint density at radius 2 is 1.93 bits per heavy atom. The lowest BCUT2D eigenvalue weighted by Crippen LogP contribution is -2.59. The number of carbonyl (C=O) groups is 2. The number of nitrogens with zero attached hydrogens (tertiary/aromatic N) is 1. The van der Waals surface area contributed by atoms with Crippen molar-refractivity contribution >= 4 is 39.7 Å². The van der Waals surface area contributed by atoms with E-state index in [1.165, 1.54) is 23.1 Å². The van der Waals surface area contributed by atoms with Gasteiger partial charge in [-0.2, -0.15) is 0 Å². The van der Waals surface area contributed by atoms with Crippen LogP contribution >= 0.6 is 12.4 Å². The van der Waals surface area contributed by atoms with Crippen molar-refractivity contribution in [3.05, 3.63) is 30.1 Å². The highest BCUT2D eigenvalue weighted by Crippen LogP contribution is 2.29. The fourth-order valence-electron chi connectivity index (χ4n) is 3.61. The van der Waals surface area contributed by atoms with Gasteiger partial charge in [0.15, 0.2) is 14.6 Å². The summed E-state index contributed by atoms with van der Waals surface area (Å²) in [5, 5.41) is 5.65. The molecule has 0 saturated carbocycles. The molecule has 2 saturated heterocycles. The molecule has 1 unspecified atom stereocenters. The summed E-state index contributed by atoms with van der Waals surface area (Å²) in [6.45, 7) is 1.10. The lowest BCUT2D eigenvalue weighted by atomic mass is 9.95. The van der Waals surface area contributed by atoms with Gasteiger partial charge < -0.3 is 15.5 Å². The SMILES string of the molecule is CS(=O)(=O)C1(C(=O)NC2CCN(c3ccccc3F)C2=O)CCNCC1.Cl. The summed E-state index contributed by atoms with van der Waals surface area (Å²) < 4.78 is 37.0. The molecule has 3 rings (SSSR count). The lowest BCUT2D eigenvalue weighted by Gasteiger charge is -2.35.